The molecule has 0 spiro atoms. The zero-order valence-electron chi connectivity index (χ0n) is 14.5. The van der Waals surface area contributed by atoms with Gasteiger partial charge in [-0.3, -0.25) is 9.59 Å². The largest absolute Gasteiger partial charge is 0.484 e. The van der Waals surface area contributed by atoms with E-state index in [2.05, 4.69) is 6.07 Å². The number of likely N-dealkylation sites (N-methyl/N-ethyl adjacent to an activating group) is 1. The molecule has 3 rings (SSSR count). The molecule has 1 aliphatic rings. The Hall–Kier alpha value is -2.34. The number of aryl methyl sites for hydroxylation is 1. The second-order valence-electron chi connectivity index (χ2n) is 6.21. The molecule has 1 aromatic carbocycles. The van der Waals surface area contributed by atoms with Gasteiger partial charge in [0.05, 0.1) is 6.54 Å². The standard InChI is InChI=1S/C19H22N2O3S/c1-14-9-11-25-17(14)12-20(2)19(23)13-24-16-7-5-15(6-8-16)21-10-3-4-18(21)22/h5-9,11H,3-4,10,12-13H2,1-2H3. The van der Waals surface area contributed by atoms with Gasteiger partial charge in [0.2, 0.25) is 5.91 Å². The van der Waals surface area contributed by atoms with E-state index in [-0.39, 0.29) is 18.4 Å². The van der Waals surface area contributed by atoms with Gasteiger partial charge in [-0.15, -0.1) is 11.3 Å². The summed E-state index contributed by atoms with van der Waals surface area (Å²) >= 11 is 1.66. The quantitative estimate of drug-likeness (QED) is 0.797. The fourth-order valence-electron chi connectivity index (χ4n) is 2.77. The van der Waals surface area contributed by atoms with Crippen molar-refractivity contribution in [3.05, 3.63) is 46.2 Å². The van der Waals surface area contributed by atoms with Gasteiger partial charge < -0.3 is 14.5 Å². The first-order valence-corrected chi connectivity index (χ1v) is 9.23. The van der Waals surface area contributed by atoms with Crippen LogP contribution in [0.15, 0.2) is 35.7 Å². The smallest absolute Gasteiger partial charge is 0.260 e. The normalized spacial score (nSPS) is 14.0. The molecule has 0 N–H and O–H groups in total. The summed E-state index contributed by atoms with van der Waals surface area (Å²) in [6.07, 6.45) is 1.52. The summed E-state index contributed by atoms with van der Waals surface area (Å²) in [6, 6.07) is 9.39. The first-order valence-electron chi connectivity index (χ1n) is 8.35. The van der Waals surface area contributed by atoms with Crippen LogP contribution in [0.1, 0.15) is 23.3 Å². The number of nitrogens with zero attached hydrogens (tertiary/aromatic N) is 2. The Balaban J connectivity index is 1.51. The molecule has 2 aromatic rings. The van der Waals surface area contributed by atoms with Crippen LogP contribution < -0.4 is 9.64 Å². The molecular weight excluding hydrogens is 336 g/mol. The number of hydrogen-bond donors (Lipinski definition) is 0. The van der Waals surface area contributed by atoms with E-state index in [4.69, 9.17) is 4.74 Å². The number of carbonyl (C=O) groups excluding carboxylic acids is 2. The van der Waals surface area contributed by atoms with Crippen LogP contribution in [0, 0.1) is 6.92 Å². The molecule has 2 amide bonds. The van der Waals surface area contributed by atoms with E-state index in [1.54, 1.807) is 40.3 Å². The lowest BCUT2D eigenvalue weighted by Crippen LogP contribution is -2.30. The molecule has 1 fully saturated rings. The molecule has 0 unspecified atom stereocenters. The van der Waals surface area contributed by atoms with Crippen molar-refractivity contribution in [3.63, 3.8) is 0 Å². The monoisotopic (exact) mass is 358 g/mol. The number of amides is 2. The first kappa shape index (κ1) is 17.5. The molecule has 0 bridgehead atoms. The van der Waals surface area contributed by atoms with Crippen LogP contribution in [0.2, 0.25) is 0 Å². The number of rotatable bonds is 6. The Morgan fingerprint density at radius 3 is 2.64 bits per heavy atom. The lowest BCUT2D eigenvalue weighted by Gasteiger charge is -2.18. The Labute approximate surface area is 151 Å². The van der Waals surface area contributed by atoms with Crippen molar-refractivity contribution < 1.29 is 14.3 Å². The molecule has 1 saturated heterocycles. The zero-order valence-corrected chi connectivity index (χ0v) is 15.3. The minimum atomic E-state index is -0.0633. The van der Waals surface area contributed by atoms with Gasteiger partial charge in [0.25, 0.3) is 5.91 Å². The van der Waals surface area contributed by atoms with E-state index in [1.807, 2.05) is 24.4 Å². The second kappa shape index (κ2) is 7.70. The Bertz CT molecular complexity index is 754. The number of hydrogen-bond acceptors (Lipinski definition) is 4. The predicted molar refractivity (Wildman–Crippen MR) is 99.1 cm³/mol. The van der Waals surface area contributed by atoms with Gasteiger partial charge in [-0.2, -0.15) is 0 Å². The fourth-order valence-corrected chi connectivity index (χ4v) is 3.73. The maximum Gasteiger partial charge on any atom is 0.260 e. The Kier molecular flexibility index (Phi) is 5.38. The molecule has 6 heteroatoms. The number of anilines is 1. The summed E-state index contributed by atoms with van der Waals surface area (Å²) in [5.74, 6) is 0.727. The summed E-state index contributed by atoms with van der Waals surface area (Å²) in [7, 11) is 1.78. The van der Waals surface area contributed by atoms with Crippen LogP contribution in [0.4, 0.5) is 5.69 Å². The maximum absolute atomic E-state index is 12.2. The van der Waals surface area contributed by atoms with Gasteiger partial charge in [-0.05, 0) is 54.6 Å². The Morgan fingerprint density at radius 1 is 1.28 bits per heavy atom. The molecule has 0 radical (unpaired) electrons. The maximum atomic E-state index is 12.2. The minimum absolute atomic E-state index is 0.00289. The molecule has 0 atom stereocenters. The fraction of sp³-hybridized carbons (Fsp3) is 0.368. The molecule has 0 saturated carbocycles. The molecule has 5 nitrogen and oxygen atoms in total. The lowest BCUT2D eigenvalue weighted by molar-refractivity contribution is -0.132. The average molecular weight is 358 g/mol. The van der Waals surface area contributed by atoms with E-state index in [0.29, 0.717) is 18.7 Å². The number of benzene rings is 1. The summed E-state index contributed by atoms with van der Waals surface area (Å²) in [6.45, 7) is 3.42. The lowest BCUT2D eigenvalue weighted by atomic mass is 10.3. The van der Waals surface area contributed by atoms with E-state index in [0.717, 1.165) is 18.7 Å². The highest BCUT2D eigenvalue weighted by Gasteiger charge is 2.21. The molecule has 2 heterocycles. The topological polar surface area (TPSA) is 49.9 Å². The highest BCUT2D eigenvalue weighted by atomic mass is 32.1. The van der Waals surface area contributed by atoms with Gasteiger partial charge in [0, 0.05) is 30.6 Å². The highest BCUT2D eigenvalue weighted by Crippen LogP contribution is 2.24. The van der Waals surface area contributed by atoms with Crippen LogP contribution >= 0.6 is 11.3 Å². The molecule has 0 aliphatic carbocycles. The van der Waals surface area contributed by atoms with Crippen LogP contribution in [-0.2, 0) is 16.1 Å². The molecular formula is C19H22N2O3S. The summed E-state index contributed by atoms with van der Waals surface area (Å²) in [5, 5.41) is 2.03. The number of thiophene rings is 1. The molecule has 1 aliphatic heterocycles. The van der Waals surface area contributed by atoms with Crippen molar-refractivity contribution in [3.8, 4) is 5.75 Å². The van der Waals surface area contributed by atoms with Crippen molar-refractivity contribution >= 4 is 28.8 Å². The summed E-state index contributed by atoms with van der Waals surface area (Å²) in [5.41, 5.74) is 2.09. The van der Waals surface area contributed by atoms with Crippen LogP contribution in [0.25, 0.3) is 0 Å². The Morgan fingerprint density at radius 2 is 2.04 bits per heavy atom. The highest BCUT2D eigenvalue weighted by molar-refractivity contribution is 7.10. The summed E-state index contributed by atoms with van der Waals surface area (Å²) in [4.78, 5) is 28.6. The van der Waals surface area contributed by atoms with Gasteiger partial charge in [0.1, 0.15) is 5.75 Å². The van der Waals surface area contributed by atoms with Crippen molar-refractivity contribution in [2.45, 2.75) is 26.3 Å². The van der Waals surface area contributed by atoms with Crippen molar-refractivity contribution in [2.24, 2.45) is 0 Å². The molecule has 25 heavy (non-hydrogen) atoms. The van der Waals surface area contributed by atoms with Crippen molar-refractivity contribution in [1.29, 1.82) is 0 Å². The zero-order chi connectivity index (χ0) is 17.8. The van der Waals surface area contributed by atoms with Gasteiger partial charge in [-0.1, -0.05) is 0 Å². The minimum Gasteiger partial charge on any atom is -0.484 e. The third-order valence-electron chi connectivity index (χ3n) is 4.36. The first-order chi connectivity index (χ1) is 12.0. The van der Waals surface area contributed by atoms with Crippen LogP contribution in [0.5, 0.6) is 5.75 Å². The van der Waals surface area contributed by atoms with Crippen LogP contribution in [-0.4, -0.2) is 36.9 Å². The van der Waals surface area contributed by atoms with E-state index in [1.165, 1.54) is 10.4 Å². The van der Waals surface area contributed by atoms with Gasteiger partial charge in [0.15, 0.2) is 6.61 Å². The molecule has 1 aromatic heterocycles. The van der Waals surface area contributed by atoms with Crippen molar-refractivity contribution in [1.82, 2.24) is 4.90 Å². The van der Waals surface area contributed by atoms with Gasteiger partial charge in [-0.25, -0.2) is 0 Å². The predicted octanol–water partition coefficient (Wildman–Crippen LogP) is 3.22. The average Bonchev–Trinajstić information content (AvgIpc) is 3.21. The second-order valence-corrected chi connectivity index (χ2v) is 7.21. The number of carbonyl (C=O) groups is 2. The van der Waals surface area contributed by atoms with Gasteiger partial charge >= 0.3 is 0 Å². The third-order valence-corrected chi connectivity index (χ3v) is 5.37. The van der Waals surface area contributed by atoms with E-state index in [9.17, 15) is 9.59 Å². The SMILES string of the molecule is Cc1ccsc1CN(C)C(=O)COc1ccc(N2CCCC2=O)cc1. The summed E-state index contributed by atoms with van der Waals surface area (Å²) < 4.78 is 5.59. The van der Waals surface area contributed by atoms with E-state index >= 15 is 0 Å². The third kappa shape index (κ3) is 4.20. The number of ether oxygens (including phenoxy) is 1. The van der Waals surface area contributed by atoms with E-state index < -0.39 is 0 Å². The van der Waals surface area contributed by atoms with Crippen molar-refractivity contribution in [2.75, 3.05) is 25.1 Å². The van der Waals surface area contributed by atoms with Crippen LogP contribution in [0.3, 0.4) is 0 Å². The molecule has 132 valence electrons.